The predicted octanol–water partition coefficient (Wildman–Crippen LogP) is 1.83. The largest absolute Gasteiger partial charge is 0.450 e. The monoisotopic (exact) mass is 191 g/mol. The number of nitrogens with one attached hydrogen (secondary N) is 1. The van der Waals surface area contributed by atoms with Gasteiger partial charge >= 0.3 is 6.09 Å². The van der Waals surface area contributed by atoms with Gasteiger partial charge in [-0.15, -0.1) is 0 Å². The van der Waals surface area contributed by atoms with Crippen LogP contribution in [0.2, 0.25) is 0 Å². The van der Waals surface area contributed by atoms with Crippen LogP contribution in [0.1, 0.15) is 27.2 Å². The highest BCUT2D eigenvalue weighted by Crippen LogP contribution is 1.99. The molecule has 0 heterocycles. The first-order chi connectivity index (χ1) is 5.45. The van der Waals surface area contributed by atoms with Gasteiger partial charge in [-0.05, 0) is 32.9 Å². The Kier molecular flexibility index (Phi) is 5.13. The summed E-state index contributed by atoms with van der Waals surface area (Å²) in [4.78, 5) is 11.0. The Labute approximate surface area is 79.3 Å². The van der Waals surface area contributed by atoms with Gasteiger partial charge in [0.15, 0.2) is 0 Å². The highest BCUT2D eigenvalue weighted by atomic mass is 32.1. The fraction of sp³-hybridized carbons (Fsp3) is 0.875. The van der Waals surface area contributed by atoms with E-state index in [2.05, 4.69) is 17.9 Å². The molecule has 0 unspecified atom stereocenters. The van der Waals surface area contributed by atoms with E-state index in [1.807, 2.05) is 20.8 Å². The summed E-state index contributed by atoms with van der Waals surface area (Å²) in [6, 6.07) is 0. The van der Waals surface area contributed by atoms with Crippen LogP contribution in [0.25, 0.3) is 0 Å². The van der Waals surface area contributed by atoms with Crippen LogP contribution >= 0.6 is 12.6 Å². The maximum atomic E-state index is 11.0. The molecule has 4 heteroatoms. The van der Waals surface area contributed by atoms with E-state index in [0.717, 1.165) is 12.2 Å². The second-order valence-corrected chi connectivity index (χ2v) is 4.04. The molecule has 0 saturated heterocycles. The van der Waals surface area contributed by atoms with Gasteiger partial charge in [-0.25, -0.2) is 4.79 Å². The minimum atomic E-state index is -0.357. The summed E-state index contributed by atoms with van der Waals surface area (Å²) in [5.74, 6) is 0.739. The van der Waals surface area contributed by atoms with Crippen molar-refractivity contribution in [2.75, 3.05) is 12.4 Å². The molecule has 0 aromatic rings. The molecule has 0 aliphatic carbocycles. The van der Waals surface area contributed by atoms with Crippen LogP contribution in [-0.2, 0) is 4.74 Å². The molecule has 12 heavy (non-hydrogen) atoms. The van der Waals surface area contributed by atoms with Crippen molar-refractivity contribution in [3.05, 3.63) is 0 Å². The molecule has 1 N–H and O–H groups in total. The first-order valence-electron chi connectivity index (χ1n) is 4.01. The number of carbonyl (C=O) groups excluding carboxylic acids is 1. The molecule has 1 amide bonds. The van der Waals surface area contributed by atoms with Crippen molar-refractivity contribution in [2.45, 2.75) is 32.7 Å². The van der Waals surface area contributed by atoms with Gasteiger partial charge in [-0.3, -0.25) is 0 Å². The zero-order chi connectivity index (χ0) is 9.61. The molecule has 0 spiro atoms. The van der Waals surface area contributed by atoms with Gasteiger partial charge in [0.05, 0.1) is 6.61 Å². The van der Waals surface area contributed by atoms with E-state index < -0.39 is 0 Å². The first-order valence-corrected chi connectivity index (χ1v) is 4.65. The van der Waals surface area contributed by atoms with E-state index in [4.69, 9.17) is 4.74 Å². The predicted molar refractivity (Wildman–Crippen MR) is 52.7 cm³/mol. The van der Waals surface area contributed by atoms with Crippen molar-refractivity contribution in [1.29, 1.82) is 0 Å². The summed E-state index contributed by atoms with van der Waals surface area (Å²) in [5.41, 5.74) is -0.224. The molecule has 0 radical (unpaired) electrons. The highest BCUT2D eigenvalue weighted by Gasteiger charge is 2.13. The number of hydrogen-bond acceptors (Lipinski definition) is 3. The Bertz CT molecular complexity index is 142. The number of amides is 1. The van der Waals surface area contributed by atoms with Crippen molar-refractivity contribution in [3.63, 3.8) is 0 Å². The van der Waals surface area contributed by atoms with Crippen molar-refractivity contribution in [1.82, 2.24) is 5.32 Å². The van der Waals surface area contributed by atoms with Crippen molar-refractivity contribution >= 4 is 18.7 Å². The minimum absolute atomic E-state index is 0.224. The first kappa shape index (κ1) is 11.6. The second kappa shape index (κ2) is 5.30. The molecular formula is C8H17NO2S. The molecule has 0 aromatic heterocycles. The fourth-order valence-corrected chi connectivity index (χ4v) is 0.701. The summed E-state index contributed by atoms with van der Waals surface area (Å²) >= 11 is 4.00. The van der Waals surface area contributed by atoms with Crippen LogP contribution in [0.4, 0.5) is 4.79 Å². The molecule has 0 atom stereocenters. The van der Waals surface area contributed by atoms with Crippen LogP contribution in [0.5, 0.6) is 0 Å². The molecule has 0 saturated carbocycles. The summed E-state index contributed by atoms with van der Waals surface area (Å²) in [5, 5.41) is 2.69. The minimum Gasteiger partial charge on any atom is -0.450 e. The van der Waals surface area contributed by atoms with Crippen molar-refractivity contribution in [3.8, 4) is 0 Å². The van der Waals surface area contributed by atoms with Gasteiger partial charge < -0.3 is 10.1 Å². The highest BCUT2D eigenvalue weighted by molar-refractivity contribution is 7.80. The van der Waals surface area contributed by atoms with Gasteiger partial charge in [0.2, 0.25) is 0 Å². The second-order valence-electron chi connectivity index (χ2n) is 3.59. The number of thiol groups is 1. The van der Waals surface area contributed by atoms with E-state index in [-0.39, 0.29) is 11.6 Å². The van der Waals surface area contributed by atoms with Gasteiger partial charge in [0, 0.05) is 5.54 Å². The van der Waals surface area contributed by atoms with Gasteiger partial charge in [0.1, 0.15) is 0 Å². The maximum absolute atomic E-state index is 11.0. The fourth-order valence-electron chi connectivity index (χ4n) is 0.572. The van der Waals surface area contributed by atoms with E-state index in [0.29, 0.717) is 6.61 Å². The smallest absolute Gasteiger partial charge is 0.407 e. The molecule has 0 fully saturated rings. The lowest BCUT2D eigenvalue weighted by Crippen LogP contribution is -2.41. The van der Waals surface area contributed by atoms with E-state index in [1.165, 1.54) is 0 Å². The average molecular weight is 191 g/mol. The van der Waals surface area contributed by atoms with Crippen LogP contribution in [0.3, 0.4) is 0 Å². The third-order valence-corrected chi connectivity index (χ3v) is 1.33. The van der Waals surface area contributed by atoms with Crippen LogP contribution < -0.4 is 5.32 Å². The van der Waals surface area contributed by atoms with E-state index in [9.17, 15) is 4.79 Å². The van der Waals surface area contributed by atoms with Gasteiger partial charge in [0.25, 0.3) is 0 Å². The van der Waals surface area contributed by atoms with Crippen LogP contribution in [0, 0.1) is 0 Å². The zero-order valence-corrected chi connectivity index (χ0v) is 8.78. The number of alkyl carbamates (subject to hydrolysis) is 1. The van der Waals surface area contributed by atoms with Crippen LogP contribution in [-0.4, -0.2) is 24.0 Å². The molecule has 3 nitrogen and oxygen atoms in total. The Morgan fingerprint density at radius 3 is 2.50 bits per heavy atom. The van der Waals surface area contributed by atoms with Crippen molar-refractivity contribution in [2.24, 2.45) is 0 Å². The Morgan fingerprint density at radius 1 is 1.50 bits per heavy atom. The molecular weight excluding hydrogens is 174 g/mol. The summed E-state index contributed by atoms with van der Waals surface area (Å²) < 4.78 is 4.86. The quantitative estimate of drug-likeness (QED) is 0.527. The molecule has 0 aliphatic rings. The Hall–Kier alpha value is -0.380. The lowest BCUT2D eigenvalue weighted by Gasteiger charge is -2.19. The SMILES string of the molecule is CC(C)(C)NC(=O)OCCCS. The number of hydrogen-bond donors (Lipinski definition) is 2. The summed E-state index contributed by atoms with van der Waals surface area (Å²) in [6.07, 6.45) is 0.435. The summed E-state index contributed by atoms with van der Waals surface area (Å²) in [7, 11) is 0. The normalized spacial score (nSPS) is 11.0. The third kappa shape index (κ3) is 7.72. The maximum Gasteiger partial charge on any atom is 0.407 e. The van der Waals surface area contributed by atoms with E-state index >= 15 is 0 Å². The molecule has 0 bridgehead atoms. The molecule has 0 aliphatic heterocycles. The molecule has 0 aromatic carbocycles. The average Bonchev–Trinajstić information content (AvgIpc) is 1.84. The lowest BCUT2D eigenvalue weighted by atomic mass is 10.1. The van der Waals surface area contributed by atoms with Crippen molar-refractivity contribution < 1.29 is 9.53 Å². The van der Waals surface area contributed by atoms with Gasteiger partial charge in [-0.2, -0.15) is 12.6 Å². The molecule has 0 rings (SSSR count). The molecule has 72 valence electrons. The zero-order valence-electron chi connectivity index (χ0n) is 7.89. The summed E-state index contributed by atoms with van der Waals surface area (Å²) in [6.45, 7) is 6.16. The van der Waals surface area contributed by atoms with Crippen LogP contribution in [0.15, 0.2) is 0 Å². The third-order valence-electron chi connectivity index (χ3n) is 1.01. The lowest BCUT2D eigenvalue weighted by molar-refractivity contribution is 0.138. The number of carbonyl (C=O) groups is 1. The standard InChI is InChI=1S/C8H17NO2S/c1-8(2,3)9-7(10)11-5-4-6-12/h12H,4-6H2,1-3H3,(H,9,10). The number of rotatable bonds is 3. The topological polar surface area (TPSA) is 38.3 Å². The Morgan fingerprint density at radius 2 is 2.08 bits per heavy atom. The Balaban J connectivity index is 3.47. The number of ether oxygens (including phenoxy) is 1. The van der Waals surface area contributed by atoms with E-state index in [1.54, 1.807) is 0 Å². The van der Waals surface area contributed by atoms with Gasteiger partial charge in [-0.1, -0.05) is 0 Å².